The van der Waals surface area contributed by atoms with Gasteiger partial charge in [0.05, 0.1) is 25.5 Å². The van der Waals surface area contributed by atoms with Gasteiger partial charge in [0.1, 0.15) is 0 Å². The molecule has 0 bridgehead atoms. The summed E-state index contributed by atoms with van der Waals surface area (Å²) in [5, 5.41) is 0. The van der Waals surface area contributed by atoms with Gasteiger partial charge in [-0.2, -0.15) is 8.42 Å². The number of hydrogen-bond acceptors (Lipinski definition) is 6. The second-order valence-corrected chi connectivity index (χ2v) is 6.74. The van der Waals surface area contributed by atoms with Gasteiger partial charge < -0.3 is 10.5 Å². The molecule has 0 aliphatic rings. The molecule has 0 aliphatic heterocycles. The highest BCUT2D eigenvalue weighted by atomic mass is 32.2. The Labute approximate surface area is 137 Å². The number of benzene rings is 1. The van der Waals surface area contributed by atoms with E-state index in [2.05, 4.69) is 4.18 Å². The first-order valence-electron chi connectivity index (χ1n) is 7.32. The second kappa shape index (κ2) is 9.32. The van der Waals surface area contributed by atoms with Crippen molar-refractivity contribution in [2.75, 3.05) is 20.0 Å². The fourth-order valence-corrected chi connectivity index (χ4v) is 2.49. The van der Waals surface area contributed by atoms with Gasteiger partial charge in [-0.1, -0.05) is 36.8 Å². The van der Waals surface area contributed by atoms with Crippen LogP contribution in [0.1, 0.15) is 31.2 Å². The standard InChI is InChI=1S/C16H23NO5S/c1-21-16(18)15(13-9-5-3-6-10-13)14(17)11-7-4-8-12-22-23(2,19)20/h3,5-6,9-10H,4,7-8,11-12,17H2,1-2H3/b15-14-. The predicted octanol–water partition coefficient (Wildman–Crippen LogP) is 2.07. The van der Waals surface area contributed by atoms with Gasteiger partial charge in [0, 0.05) is 5.70 Å². The molecule has 0 amide bonds. The van der Waals surface area contributed by atoms with Crippen LogP contribution in [-0.4, -0.2) is 34.4 Å². The number of unbranched alkanes of at least 4 members (excludes halogenated alkanes) is 2. The Balaban J connectivity index is 2.60. The molecule has 6 nitrogen and oxygen atoms in total. The van der Waals surface area contributed by atoms with E-state index in [1.54, 1.807) is 12.1 Å². The lowest BCUT2D eigenvalue weighted by Crippen LogP contribution is -2.12. The molecule has 0 saturated heterocycles. The summed E-state index contributed by atoms with van der Waals surface area (Å²) < 4.78 is 31.1. The highest BCUT2D eigenvalue weighted by Crippen LogP contribution is 2.21. The minimum absolute atomic E-state index is 0.158. The predicted molar refractivity (Wildman–Crippen MR) is 88.8 cm³/mol. The molecule has 0 aromatic heterocycles. The molecule has 7 heteroatoms. The molecule has 0 radical (unpaired) electrons. The fourth-order valence-electron chi connectivity index (χ4n) is 2.07. The van der Waals surface area contributed by atoms with Gasteiger partial charge in [-0.25, -0.2) is 4.79 Å². The molecule has 0 atom stereocenters. The number of allylic oxidation sites excluding steroid dienone is 1. The number of methoxy groups -OCH3 is 1. The zero-order valence-corrected chi connectivity index (χ0v) is 14.3. The van der Waals surface area contributed by atoms with Crippen LogP contribution in [0.5, 0.6) is 0 Å². The Morgan fingerprint density at radius 2 is 1.78 bits per heavy atom. The number of ether oxygens (including phenoxy) is 1. The van der Waals surface area contributed by atoms with Crippen LogP contribution in [0.25, 0.3) is 5.57 Å². The monoisotopic (exact) mass is 341 g/mol. The third kappa shape index (κ3) is 7.30. The Bertz CT molecular complexity index is 638. The van der Waals surface area contributed by atoms with Crippen molar-refractivity contribution in [1.82, 2.24) is 0 Å². The maximum Gasteiger partial charge on any atom is 0.340 e. The van der Waals surface area contributed by atoms with Crippen molar-refractivity contribution in [3.05, 3.63) is 41.6 Å². The van der Waals surface area contributed by atoms with E-state index in [1.807, 2.05) is 18.2 Å². The lowest BCUT2D eigenvalue weighted by atomic mass is 10.0. The highest BCUT2D eigenvalue weighted by molar-refractivity contribution is 7.85. The van der Waals surface area contributed by atoms with Gasteiger partial charge in [0.15, 0.2) is 0 Å². The van der Waals surface area contributed by atoms with E-state index in [0.29, 0.717) is 24.1 Å². The zero-order valence-electron chi connectivity index (χ0n) is 13.4. The summed E-state index contributed by atoms with van der Waals surface area (Å²) in [6.07, 6.45) is 3.64. The molecular formula is C16H23NO5S. The smallest absolute Gasteiger partial charge is 0.340 e. The molecule has 0 spiro atoms. The van der Waals surface area contributed by atoms with E-state index in [-0.39, 0.29) is 6.61 Å². The Morgan fingerprint density at radius 1 is 1.13 bits per heavy atom. The van der Waals surface area contributed by atoms with Crippen molar-refractivity contribution in [2.45, 2.75) is 25.7 Å². The summed E-state index contributed by atoms with van der Waals surface area (Å²) in [4.78, 5) is 12.0. The number of rotatable bonds is 9. The van der Waals surface area contributed by atoms with Gasteiger partial charge in [-0.15, -0.1) is 0 Å². The maximum absolute atomic E-state index is 12.0. The normalized spacial score (nSPS) is 12.6. The van der Waals surface area contributed by atoms with E-state index in [0.717, 1.165) is 24.7 Å². The SMILES string of the molecule is COC(=O)/C(=C(\N)CCCCCOS(C)(=O)=O)c1ccccc1. The Kier molecular flexibility index (Phi) is 7.77. The molecule has 2 N–H and O–H groups in total. The minimum atomic E-state index is -3.39. The van der Waals surface area contributed by atoms with E-state index in [9.17, 15) is 13.2 Å². The number of nitrogens with two attached hydrogens (primary N) is 1. The first kappa shape index (κ1) is 19.2. The summed E-state index contributed by atoms with van der Waals surface area (Å²) >= 11 is 0. The van der Waals surface area contributed by atoms with E-state index in [4.69, 9.17) is 10.5 Å². The van der Waals surface area contributed by atoms with Crippen LogP contribution in [0.15, 0.2) is 36.0 Å². The Morgan fingerprint density at radius 3 is 2.35 bits per heavy atom. The van der Waals surface area contributed by atoms with E-state index >= 15 is 0 Å². The van der Waals surface area contributed by atoms with Gasteiger partial charge in [0.2, 0.25) is 0 Å². The lowest BCUT2D eigenvalue weighted by molar-refractivity contribution is -0.133. The average molecular weight is 341 g/mol. The molecule has 0 heterocycles. The van der Waals surface area contributed by atoms with Crippen molar-refractivity contribution in [2.24, 2.45) is 5.73 Å². The lowest BCUT2D eigenvalue weighted by Gasteiger charge is -2.10. The Hall–Kier alpha value is -1.86. The molecule has 1 aromatic rings. The van der Waals surface area contributed by atoms with Crippen LogP contribution in [0.2, 0.25) is 0 Å². The summed E-state index contributed by atoms with van der Waals surface area (Å²) in [5.41, 5.74) is 7.62. The van der Waals surface area contributed by atoms with Crippen LogP contribution >= 0.6 is 0 Å². The van der Waals surface area contributed by atoms with Crippen molar-refractivity contribution in [3.8, 4) is 0 Å². The third-order valence-corrected chi connectivity index (χ3v) is 3.76. The highest BCUT2D eigenvalue weighted by Gasteiger charge is 2.16. The molecule has 1 rings (SSSR count). The van der Waals surface area contributed by atoms with Crippen molar-refractivity contribution >= 4 is 21.7 Å². The first-order chi connectivity index (χ1) is 10.8. The van der Waals surface area contributed by atoms with Gasteiger partial charge in [-0.05, 0) is 24.8 Å². The molecule has 0 fully saturated rings. The van der Waals surface area contributed by atoms with Crippen molar-refractivity contribution < 1.29 is 22.1 Å². The topological polar surface area (TPSA) is 95.7 Å². The van der Waals surface area contributed by atoms with Crippen LogP contribution in [-0.2, 0) is 23.8 Å². The minimum Gasteiger partial charge on any atom is -0.465 e. The molecule has 0 saturated carbocycles. The largest absolute Gasteiger partial charge is 0.465 e. The van der Waals surface area contributed by atoms with Crippen LogP contribution in [0.4, 0.5) is 0 Å². The van der Waals surface area contributed by atoms with Crippen LogP contribution in [0.3, 0.4) is 0 Å². The van der Waals surface area contributed by atoms with Gasteiger partial charge in [0.25, 0.3) is 10.1 Å². The maximum atomic E-state index is 12.0. The quantitative estimate of drug-likeness (QED) is 0.320. The molecule has 128 valence electrons. The van der Waals surface area contributed by atoms with Crippen molar-refractivity contribution in [3.63, 3.8) is 0 Å². The summed E-state index contributed by atoms with van der Waals surface area (Å²) in [6.45, 7) is 0.158. The van der Waals surface area contributed by atoms with Crippen molar-refractivity contribution in [1.29, 1.82) is 0 Å². The molecule has 23 heavy (non-hydrogen) atoms. The number of esters is 1. The van der Waals surface area contributed by atoms with E-state index in [1.165, 1.54) is 7.11 Å². The van der Waals surface area contributed by atoms with E-state index < -0.39 is 16.1 Å². The summed E-state index contributed by atoms with van der Waals surface area (Å²) in [7, 11) is -2.07. The molecule has 0 unspecified atom stereocenters. The molecule has 0 aliphatic carbocycles. The summed E-state index contributed by atoms with van der Waals surface area (Å²) in [6, 6.07) is 9.12. The first-order valence-corrected chi connectivity index (χ1v) is 9.13. The molecule has 1 aromatic carbocycles. The van der Waals surface area contributed by atoms with Gasteiger partial charge >= 0.3 is 5.97 Å². The third-order valence-electron chi connectivity index (χ3n) is 3.16. The molecular weight excluding hydrogens is 318 g/mol. The number of carbonyl (C=O) groups excluding carboxylic acids is 1. The second-order valence-electron chi connectivity index (χ2n) is 5.09. The number of hydrogen-bond donors (Lipinski definition) is 1. The van der Waals surface area contributed by atoms with Gasteiger partial charge in [-0.3, -0.25) is 4.18 Å². The zero-order chi connectivity index (χ0) is 17.3. The fraction of sp³-hybridized carbons (Fsp3) is 0.438. The summed E-state index contributed by atoms with van der Waals surface area (Å²) in [5.74, 6) is -0.464. The number of carbonyl (C=O) groups is 1. The van der Waals surface area contributed by atoms with Crippen LogP contribution in [0, 0.1) is 0 Å². The van der Waals surface area contributed by atoms with Crippen LogP contribution < -0.4 is 5.73 Å². The average Bonchev–Trinajstić information content (AvgIpc) is 2.50.